The van der Waals surface area contributed by atoms with Gasteiger partial charge in [-0.05, 0) is 48.2 Å². The third-order valence-corrected chi connectivity index (χ3v) is 12.5. The molecule has 0 bridgehead atoms. The lowest BCUT2D eigenvalue weighted by Gasteiger charge is -2.23. The first-order chi connectivity index (χ1) is 32.8. The van der Waals surface area contributed by atoms with Crippen LogP contribution in [0.1, 0.15) is 24.0 Å². The molecule has 0 saturated carbocycles. The summed E-state index contributed by atoms with van der Waals surface area (Å²) < 4.78 is 135. The maximum Gasteiger partial charge on any atom is 0.295 e. The van der Waals surface area contributed by atoms with Crippen molar-refractivity contribution in [1.82, 2.24) is 29.9 Å². The Morgan fingerprint density at radius 2 is 0.871 bits per heavy atom. The third kappa shape index (κ3) is 19.0. The Morgan fingerprint density at radius 3 is 1.19 bits per heavy atom. The largest absolute Gasteiger partial charge is 0.395 e. The van der Waals surface area contributed by atoms with Gasteiger partial charge in [0, 0.05) is 50.6 Å². The number of hydrogen-bond acceptors (Lipinski definition) is 26. The highest BCUT2D eigenvalue weighted by Crippen LogP contribution is 2.29. The molecule has 4 rings (SSSR count). The molecular formula is C36H52N12O18S4. The first-order valence-corrected chi connectivity index (χ1v) is 26.6. The van der Waals surface area contributed by atoms with Crippen LogP contribution in [0.15, 0.2) is 46.2 Å². The smallest absolute Gasteiger partial charge is 0.295 e. The predicted octanol–water partition coefficient (Wildman–Crippen LogP) is -2.11. The third-order valence-electron chi connectivity index (χ3n) is 9.26. The Kier molecular flexibility index (Phi) is 20.8. The molecule has 14 N–H and O–H groups in total. The molecule has 0 aliphatic carbocycles. The van der Waals surface area contributed by atoms with Gasteiger partial charge in [0.1, 0.15) is 9.79 Å². The molecule has 0 amide bonds. The molecule has 2 aromatic heterocycles. The van der Waals surface area contributed by atoms with Crippen molar-refractivity contribution in [2.24, 2.45) is 0 Å². The zero-order valence-corrected chi connectivity index (χ0v) is 39.9. The Bertz CT molecular complexity index is 2690. The number of benzene rings is 2. The van der Waals surface area contributed by atoms with E-state index in [1.165, 1.54) is 34.1 Å². The maximum absolute atomic E-state index is 12.7. The normalized spacial score (nSPS) is 13.2. The fraction of sp³-hybridized carbons (Fsp3) is 0.444. The van der Waals surface area contributed by atoms with Gasteiger partial charge in [-0.3, -0.25) is 18.2 Å². The van der Waals surface area contributed by atoms with Crippen LogP contribution in [0.3, 0.4) is 0 Å². The Balaban J connectivity index is 1.70. The van der Waals surface area contributed by atoms with Crippen LogP contribution in [0.2, 0.25) is 0 Å². The second kappa shape index (κ2) is 25.5. The number of nitrogens with zero attached hydrogens (tertiary/aromatic N) is 8. The monoisotopic (exact) mass is 1070 g/mol. The second-order valence-electron chi connectivity index (χ2n) is 14.7. The van der Waals surface area contributed by atoms with E-state index < -0.39 is 100 Å². The second-order valence-corrected chi connectivity index (χ2v) is 20.6. The number of aromatic nitrogens is 6. The van der Waals surface area contributed by atoms with E-state index in [0.29, 0.717) is 0 Å². The van der Waals surface area contributed by atoms with Gasteiger partial charge in [0.05, 0.1) is 50.1 Å². The Morgan fingerprint density at radius 1 is 0.514 bits per heavy atom. The highest BCUT2D eigenvalue weighted by Gasteiger charge is 2.22. The molecule has 2 aromatic carbocycles. The lowest BCUT2D eigenvalue weighted by molar-refractivity contribution is 0.0894. The van der Waals surface area contributed by atoms with Crippen molar-refractivity contribution in [3.8, 4) is 0 Å². The van der Waals surface area contributed by atoms with Crippen LogP contribution in [0, 0.1) is 0 Å². The van der Waals surface area contributed by atoms with Gasteiger partial charge in [-0.1, -0.05) is 24.3 Å². The lowest BCUT2D eigenvalue weighted by Crippen LogP contribution is -2.33. The van der Waals surface area contributed by atoms with Crippen molar-refractivity contribution in [3.63, 3.8) is 0 Å². The van der Waals surface area contributed by atoms with Gasteiger partial charge in [-0.25, -0.2) is 0 Å². The summed E-state index contributed by atoms with van der Waals surface area (Å²) in [7, 11) is -18.9. The number of rotatable bonds is 30. The van der Waals surface area contributed by atoms with Crippen LogP contribution in [-0.2, 0) is 40.5 Å². The summed E-state index contributed by atoms with van der Waals surface area (Å²) in [5, 5.41) is 68.3. The average Bonchev–Trinajstić information content (AvgIpc) is 3.27. The van der Waals surface area contributed by atoms with Crippen molar-refractivity contribution in [2.75, 3.05) is 108 Å². The minimum Gasteiger partial charge on any atom is -0.395 e. The van der Waals surface area contributed by atoms with Crippen molar-refractivity contribution in [3.05, 3.63) is 47.5 Å². The first kappa shape index (κ1) is 57.0. The average molecular weight is 1070 g/mol. The van der Waals surface area contributed by atoms with E-state index in [0.717, 1.165) is 24.3 Å². The molecular weight excluding hydrogens is 1020 g/mol. The van der Waals surface area contributed by atoms with Crippen LogP contribution in [-0.4, -0.2) is 202 Å². The molecule has 0 aliphatic rings. The number of nitrogens with one attached hydrogen (secondary N) is 4. The number of anilines is 8. The number of aliphatic hydroxyl groups is 6. The first-order valence-electron chi connectivity index (χ1n) is 20.5. The lowest BCUT2D eigenvalue weighted by atomic mass is 10.1. The van der Waals surface area contributed by atoms with Crippen molar-refractivity contribution >= 4 is 99.7 Å². The fourth-order valence-electron chi connectivity index (χ4n) is 5.91. The van der Waals surface area contributed by atoms with Gasteiger partial charge >= 0.3 is 0 Å². The summed E-state index contributed by atoms with van der Waals surface area (Å²) in [5.74, 6) is -2.87. The maximum atomic E-state index is 12.7. The molecule has 0 aliphatic heterocycles. The highest BCUT2D eigenvalue weighted by molar-refractivity contribution is 7.86. The summed E-state index contributed by atoms with van der Waals surface area (Å²) in [5.41, 5.74) is -0.542. The van der Waals surface area contributed by atoms with Crippen molar-refractivity contribution < 1.29 is 82.5 Å². The van der Waals surface area contributed by atoms with Gasteiger partial charge in [-0.15, -0.1) is 0 Å². The van der Waals surface area contributed by atoms with E-state index in [1.807, 2.05) is 0 Å². The van der Waals surface area contributed by atoms with Crippen LogP contribution >= 0.6 is 0 Å². The zero-order valence-electron chi connectivity index (χ0n) is 36.6. The van der Waals surface area contributed by atoms with Crippen LogP contribution in [0.25, 0.3) is 12.2 Å². The quantitative estimate of drug-likeness (QED) is 0.0196. The molecule has 2 heterocycles. The molecule has 0 saturated heterocycles. The molecule has 30 nitrogen and oxygen atoms in total. The summed E-state index contributed by atoms with van der Waals surface area (Å²) in [4.78, 5) is 26.5. The Hall–Kier alpha value is -5.60. The fourth-order valence-corrected chi connectivity index (χ4v) is 8.05. The number of hydrogen-bond donors (Lipinski definition) is 14. The predicted molar refractivity (Wildman–Crippen MR) is 251 cm³/mol. The number of aliphatic hydroxyl groups excluding tert-OH is 6. The van der Waals surface area contributed by atoms with E-state index >= 15 is 0 Å². The van der Waals surface area contributed by atoms with Gasteiger partial charge < -0.3 is 61.7 Å². The zero-order chi connectivity index (χ0) is 51.9. The van der Waals surface area contributed by atoms with E-state index in [-0.39, 0.29) is 110 Å². The van der Waals surface area contributed by atoms with Gasteiger partial charge in [-0.2, -0.15) is 63.6 Å². The molecule has 34 heteroatoms. The summed E-state index contributed by atoms with van der Waals surface area (Å²) in [6.45, 7) is -2.94. The molecule has 0 fully saturated rings. The molecule has 0 radical (unpaired) electrons. The minimum atomic E-state index is -5.06. The van der Waals surface area contributed by atoms with E-state index in [9.17, 15) is 73.4 Å². The van der Waals surface area contributed by atoms with Crippen molar-refractivity contribution in [2.45, 2.75) is 34.8 Å². The van der Waals surface area contributed by atoms with Gasteiger partial charge in [0.2, 0.25) is 35.7 Å². The molecule has 2 unspecified atom stereocenters. The van der Waals surface area contributed by atoms with E-state index in [2.05, 4.69) is 51.2 Å². The molecule has 0 spiro atoms. The summed E-state index contributed by atoms with van der Waals surface area (Å²) in [6.07, 6.45) is -0.0988. The molecule has 70 heavy (non-hydrogen) atoms. The standard InChI is InChI=1S/C36H52N12O18S4/c49-15-13-47(11-7-27(53)21-51)35-43-31(37-9-17-67(55,56)57)41-33(45-35)39-25-5-3-23(29(19-25)69(61,62)63)1-2-24-4-6-26(20-30(24)70(64,65)66)40-34-42-32(38-10-18-68(58,59)60)44-36(46-34)48(14-16-50)12-8-28(54)22-52/h1-6,19-20,27-28,49-54H,7-18,21-22H2,(H,55,56,57)(H,58,59,60)(H,61,62,63)(H,64,65,66)(H2,37,39,41,43,45)(H2,38,40,42,44,46). The highest BCUT2D eigenvalue weighted by atomic mass is 32.2. The SMILES string of the molecule is O=S(=O)(O)CCNc1nc(Nc2ccc(C=Cc3ccc(Nc4nc(NCCS(=O)(=O)O)nc(N(CCO)CCC(O)CO)n4)cc3S(=O)(=O)O)c(S(=O)(=O)O)c2)nc(N(CCO)CCC(O)CO)n1. The van der Waals surface area contributed by atoms with Crippen LogP contribution < -0.4 is 31.1 Å². The van der Waals surface area contributed by atoms with Crippen molar-refractivity contribution in [1.29, 1.82) is 0 Å². The molecule has 4 aromatic rings. The minimum absolute atomic E-state index is 0.00342. The topological polar surface area (TPSA) is 471 Å². The van der Waals surface area contributed by atoms with Crippen LogP contribution in [0.5, 0.6) is 0 Å². The van der Waals surface area contributed by atoms with Gasteiger partial charge in [0.25, 0.3) is 40.5 Å². The Labute approximate surface area is 401 Å². The molecule has 388 valence electrons. The molecule has 2 atom stereocenters. The summed E-state index contributed by atoms with van der Waals surface area (Å²) >= 11 is 0. The summed E-state index contributed by atoms with van der Waals surface area (Å²) in [6, 6.07) is 6.89. The van der Waals surface area contributed by atoms with E-state index in [4.69, 9.17) is 9.11 Å². The van der Waals surface area contributed by atoms with Gasteiger partial charge in [0.15, 0.2) is 0 Å². The van der Waals surface area contributed by atoms with E-state index in [1.54, 1.807) is 0 Å². The van der Waals surface area contributed by atoms with Crippen LogP contribution in [0.4, 0.5) is 47.1 Å².